The van der Waals surface area contributed by atoms with Gasteiger partial charge in [-0.25, -0.2) is 4.79 Å². The summed E-state index contributed by atoms with van der Waals surface area (Å²) < 4.78 is 10.9. The number of benzene rings is 1. The van der Waals surface area contributed by atoms with Crippen molar-refractivity contribution in [2.24, 2.45) is 5.92 Å². The Kier molecular flexibility index (Phi) is 6.50. The van der Waals surface area contributed by atoms with E-state index in [0.717, 1.165) is 0 Å². The highest BCUT2D eigenvalue weighted by Gasteiger charge is 2.26. The molecule has 1 aliphatic carbocycles. The predicted octanol–water partition coefficient (Wildman–Crippen LogP) is 3.25. The van der Waals surface area contributed by atoms with Crippen LogP contribution in [0, 0.1) is 5.92 Å². The molecule has 1 fully saturated rings. The maximum absolute atomic E-state index is 12.1. The molecule has 0 radical (unpaired) electrons. The van der Waals surface area contributed by atoms with E-state index in [2.05, 4.69) is 10.6 Å². The van der Waals surface area contributed by atoms with E-state index in [1.807, 2.05) is 13.8 Å². The molecule has 2 rings (SSSR count). The van der Waals surface area contributed by atoms with Crippen molar-refractivity contribution in [1.29, 1.82) is 0 Å². The van der Waals surface area contributed by atoms with Crippen molar-refractivity contribution >= 4 is 17.7 Å². The molecular formula is C18H26N2O5. The standard InChI is InChI=1S/C18H26N2O5/c1-11(2)25-15-9-8-14(10-16(15)24-3)20-18(23)19-13-6-4-12(5-7-13)17(21)22/h8-13H,4-7H2,1-3H3,(H,21,22)(H2,19,20,23). The number of rotatable bonds is 6. The highest BCUT2D eigenvalue weighted by Crippen LogP contribution is 2.31. The molecule has 0 unspecified atom stereocenters. The van der Waals surface area contributed by atoms with Crippen LogP contribution < -0.4 is 20.1 Å². The lowest BCUT2D eigenvalue weighted by Gasteiger charge is -2.26. The fourth-order valence-electron chi connectivity index (χ4n) is 2.93. The molecule has 0 aliphatic heterocycles. The van der Waals surface area contributed by atoms with Crippen LogP contribution in [0.1, 0.15) is 39.5 Å². The molecule has 1 aromatic rings. The van der Waals surface area contributed by atoms with Crippen molar-refractivity contribution in [2.45, 2.75) is 51.7 Å². The number of nitrogens with one attached hydrogen (secondary N) is 2. The average molecular weight is 350 g/mol. The molecule has 0 heterocycles. The molecule has 1 saturated carbocycles. The van der Waals surface area contributed by atoms with E-state index in [-0.39, 0.29) is 24.1 Å². The van der Waals surface area contributed by atoms with Gasteiger partial charge in [0.05, 0.1) is 19.1 Å². The molecule has 0 saturated heterocycles. The molecule has 2 amide bonds. The van der Waals surface area contributed by atoms with Gasteiger partial charge in [0, 0.05) is 17.8 Å². The molecule has 1 aliphatic rings. The van der Waals surface area contributed by atoms with Crippen LogP contribution in [0.2, 0.25) is 0 Å². The number of ether oxygens (including phenoxy) is 2. The second-order valence-corrected chi connectivity index (χ2v) is 6.52. The summed E-state index contributed by atoms with van der Waals surface area (Å²) >= 11 is 0. The monoisotopic (exact) mass is 350 g/mol. The molecule has 25 heavy (non-hydrogen) atoms. The van der Waals surface area contributed by atoms with Gasteiger partial charge in [-0.1, -0.05) is 0 Å². The van der Waals surface area contributed by atoms with Gasteiger partial charge in [0.15, 0.2) is 11.5 Å². The molecule has 7 nitrogen and oxygen atoms in total. The van der Waals surface area contributed by atoms with Gasteiger partial charge in [0.1, 0.15) is 0 Å². The number of methoxy groups -OCH3 is 1. The lowest BCUT2D eigenvalue weighted by molar-refractivity contribution is -0.142. The Morgan fingerprint density at radius 1 is 1.16 bits per heavy atom. The highest BCUT2D eigenvalue weighted by molar-refractivity contribution is 5.89. The Balaban J connectivity index is 1.89. The highest BCUT2D eigenvalue weighted by atomic mass is 16.5. The van der Waals surface area contributed by atoms with E-state index in [4.69, 9.17) is 14.6 Å². The Bertz CT molecular complexity index is 609. The van der Waals surface area contributed by atoms with E-state index in [0.29, 0.717) is 42.9 Å². The van der Waals surface area contributed by atoms with Crippen LogP contribution in [0.4, 0.5) is 10.5 Å². The first-order chi connectivity index (χ1) is 11.9. The normalized spacial score (nSPS) is 20.0. The minimum Gasteiger partial charge on any atom is -0.493 e. The number of carboxylic acid groups (broad SMARTS) is 1. The SMILES string of the molecule is COc1cc(NC(=O)NC2CCC(C(=O)O)CC2)ccc1OC(C)C. The van der Waals surface area contributed by atoms with Gasteiger partial charge < -0.3 is 25.2 Å². The van der Waals surface area contributed by atoms with Crippen LogP contribution in [-0.4, -0.2) is 36.4 Å². The van der Waals surface area contributed by atoms with Gasteiger partial charge in [0.25, 0.3) is 0 Å². The average Bonchev–Trinajstić information content (AvgIpc) is 2.56. The third-order valence-corrected chi connectivity index (χ3v) is 4.20. The quantitative estimate of drug-likeness (QED) is 0.732. The number of hydrogen-bond acceptors (Lipinski definition) is 4. The van der Waals surface area contributed by atoms with Gasteiger partial charge in [0.2, 0.25) is 0 Å². The van der Waals surface area contributed by atoms with E-state index in [1.54, 1.807) is 25.3 Å². The first-order valence-corrected chi connectivity index (χ1v) is 8.54. The zero-order valence-electron chi connectivity index (χ0n) is 14.9. The Morgan fingerprint density at radius 2 is 1.84 bits per heavy atom. The molecule has 0 aromatic heterocycles. The number of carbonyl (C=O) groups excluding carboxylic acids is 1. The van der Waals surface area contributed by atoms with Crippen LogP contribution >= 0.6 is 0 Å². The summed E-state index contributed by atoms with van der Waals surface area (Å²) in [5.41, 5.74) is 0.602. The van der Waals surface area contributed by atoms with Gasteiger partial charge in [-0.3, -0.25) is 4.79 Å². The van der Waals surface area contributed by atoms with Crippen LogP contribution in [0.15, 0.2) is 18.2 Å². The first-order valence-electron chi connectivity index (χ1n) is 8.54. The molecule has 0 bridgehead atoms. The predicted molar refractivity (Wildman–Crippen MR) is 94.3 cm³/mol. The number of amides is 2. The van der Waals surface area contributed by atoms with Crippen molar-refractivity contribution in [2.75, 3.05) is 12.4 Å². The van der Waals surface area contributed by atoms with E-state index in [9.17, 15) is 9.59 Å². The minimum absolute atomic E-state index is 0.000966. The van der Waals surface area contributed by atoms with Gasteiger partial charge in [-0.15, -0.1) is 0 Å². The zero-order chi connectivity index (χ0) is 18.4. The third kappa shape index (κ3) is 5.55. The van der Waals surface area contributed by atoms with Gasteiger partial charge >= 0.3 is 12.0 Å². The Hall–Kier alpha value is -2.44. The zero-order valence-corrected chi connectivity index (χ0v) is 14.9. The summed E-state index contributed by atoms with van der Waals surface area (Å²) in [6.45, 7) is 3.86. The second-order valence-electron chi connectivity index (χ2n) is 6.52. The summed E-state index contributed by atoms with van der Waals surface area (Å²) in [6, 6.07) is 4.91. The van der Waals surface area contributed by atoms with E-state index in [1.165, 1.54) is 0 Å². The van der Waals surface area contributed by atoms with Crippen molar-refractivity contribution < 1.29 is 24.2 Å². The smallest absolute Gasteiger partial charge is 0.319 e. The summed E-state index contributed by atoms with van der Waals surface area (Å²) in [4.78, 5) is 23.1. The molecule has 0 atom stereocenters. The topological polar surface area (TPSA) is 96.9 Å². The van der Waals surface area contributed by atoms with E-state index >= 15 is 0 Å². The fourth-order valence-corrected chi connectivity index (χ4v) is 2.93. The first kappa shape index (κ1) is 18.9. The third-order valence-electron chi connectivity index (χ3n) is 4.20. The van der Waals surface area contributed by atoms with Crippen molar-refractivity contribution in [3.8, 4) is 11.5 Å². The largest absolute Gasteiger partial charge is 0.493 e. The number of carboxylic acids is 1. The number of anilines is 1. The number of aliphatic carboxylic acids is 1. The Morgan fingerprint density at radius 3 is 2.40 bits per heavy atom. The molecule has 0 spiro atoms. The van der Waals surface area contributed by atoms with Crippen LogP contribution in [0.3, 0.4) is 0 Å². The van der Waals surface area contributed by atoms with Crippen LogP contribution in [0.5, 0.6) is 11.5 Å². The number of carbonyl (C=O) groups is 2. The molecule has 1 aromatic carbocycles. The van der Waals surface area contributed by atoms with E-state index < -0.39 is 5.97 Å². The summed E-state index contributed by atoms with van der Waals surface area (Å²) in [7, 11) is 1.55. The Labute approximate surface area is 147 Å². The number of urea groups is 1. The van der Waals surface area contributed by atoms with Crippen molar-refractivity contribution in [3.05, 3.63) is 18.2 Å². The maximum atomic E-state index is 12.1. The minimum atomic E-state index is -0.751. The second kappa shape index (κ2) is 8.60. The summed E-state index contributed by atoms with van der Waals surface area (Å²) in [5, 5.41) is 14.7. The van der Waals surface area contributed by atoms with Crippen LogP contribution in [-0.2, 0) is 4.79 Å². The van der Waals surface area contributed by atoms with Crippen molar-refractivity contribution in [1.82, 2.24) is 5.32 Å². The van der Waals surface area contributed by atoms with Crippen LogP contribution in [0.25, 0.3) is 0 Å². The lowest BCUT2D eigenvalue weighted by atomic mass is 9.86. The molecule has 3 N–H and O–H groups in total. The summed E-state index contributed by atoms with van der Waals surface area (Å²) in [6.07, 6.45) is 2.56. The molecule has 7 heteroatoms. The maximum Gasteiger partial charge on any atom is 0.319 e. The lowest BCUT2D eigenvalue weighted by Crippen LogP contribution is -2.40. The van der Waals surface area contributed by atoms with Gasteiger partial charge in [-0.05, 0) is 51.7 Å². The summed E-state index contributed by atoms with van der Waals surface area (Å²) in [5.74, 6) is 0.126. The number of hydrogen-bond donors (Lipinski definition) is 3. The molecular weight excluding hydrogens is 324 g/mol. The van der Waals surface area contributed by atoms with Crippen molar-refractivity contribution in [3.63, 3.8) is 0 Å². The van der Waals surface area contributed by atoms with Gasteiger partial charge in [-0.2, -0.15) is 0 Å². The molecule has 138 valence electrons. The fraction of sp³-hybridized carbons (Fsp3) is 0.556.